The molecule has 0 aliphatic rings. The van der Waals surface area contributed by atoms with E-state index >= 15 is 0 Å². The van der Waals surface area contributed by atoms with Crippen molar-refractivity contribution in [1.82, 2.24) is 10.3 Å². The van der Waals surface area contributed by atoms with Crippen LogP contribution in [0.3, 0.4) is 0 Å². The summed E-state index contributed by atoms with van der Waals surface area (Å²) in [5, 5.41) is 22.6. The molecule has 1 aromatic rings. The molecule has 9 heteroatoms. The smallest absolute Gasteiger partial charge is 0.326 e. The maximum Gasteiger partial charge on any atom is 0.326 e. The third-order valence-electron chi connectivity index (χ3n) is 2.99. The average molecular weight is 341 g/mol. The fourth-order valence-corrected chi connectivity index (χ4v) is 2.53. The number of rotatable bonds is 10. The lowest BCUT2D eigenvalue weighted by Gasteiger charge is -2.13. The van der Waals surface area contributed by atoms with E-state index < -0.39 is 16.9 Å². The highest BCUT2D eigenvalue weighted by Gasteiger charge is 2.18. The summed E-state index contributed by atoms with van der Waals surface area (Å²) >= 11 is 1.28. The number of aromatic nitrogens is 1. The van der Waals surface area contributed by atoms with Crippen molar-refractivity contribution in [3.8, 4) is 0 Å². The van der Waals surface area contributed by atoms with Crippen molar-refractivity contribution in [1.29, 1.82) is 0 Å². The summed E-state index contributed by atoms with van der Waals surface area (Å²) in [6.07, 6.45) is 3.32. The van der Waals surface area contributed by atoms with Gasteiger partial charge in [0.2, 0.25) is 5.91 Å². The minimum atomic E-state index is -1.03. The highest BCUT2D eigenvalue weighted by Crippen LogP contribution is 2.18. The summed E-state index contributed by atoms with van der Waals surface area (Å²) in [6.45, 7) is 1.95. The van der Waals surface area contributed by atoms with E-state index in [1.807, 2.05) is 6.92 Å². The van der Waals surface area contributed by atoms with Crippen LogP contribution in [-0.4, -0.2) is 38.7 Å². The third-order valence-corrected chi connectivity index (χ3v) is 3.94. The van der Waals surface area contributed by atoms with Crippen molar-refractivity contribution >= 4 is 29.3 Å². The number of pyridine rings is 1. The molecular formula is C14H19N3O5S. The number of carbonyl (C=O) groups is 2. The fraction of sp³-hybridized carbons (Fsp3) is 0.500. The second kappa shape index (κ2) is 9.78. The Labute approximate surface area is 137 Å². The number of nitro groups is 1. The van der Waals surface area contributed by atoms with Crippen LogP contribution >= 0.6 is 11.8 Å². The van der Waals surface area contributed by atoms with Crippen LogP contribution in [0, 0.1) is 10.1 Å². The van der Waals surface area contributed by atoms with Crippen molar-refractivity contribution in [2.24, 2.45) is 0 Å². The average Bonchev–Trinajstić information content (AvgIpc) is 2.51. The van der Waals surface area contributed by atoms with Crippen LogP contribution in [0.1, 0.15) is 32.6 Å². The maximum absolute atomic E-state index is 11.8. The number of carbonyl (C=O) groups excluding carboxylic acids is 1. The van der Waals surface area contributed by atoms with E-state index in [2.05, 4.69) is 10.3 Å². The number of thioether (sulfide) groups is 1. The summed E-state index contributed by atoms with van der Waals surface area (Å²) < 4.78 is 0. The van der Waals surface area contributed by atoms with Gasteiger partial charge in [-0.3, -0.25) is 14.9 Å². The lowest BCUT2D eigenvalue weighted by Crippen LogP contribution is -2.40. The maximum atomic E-state index is 11.8. The zero-order valence-corrected chi connectivity index (χ0v) is 13.5. The van der Waals surface area contributed by atoms with Gasteiger partial charge in [0, 0.05) is 18.2 Å². The molecule has 0 spiro atoms. The van der Waals surface area contributed by atoms with E-state index in [0.29, 0.717) is 17.2 Å². The second-order valence-electron chi connectivity index (χ2n) is 4.81. The Morgan fingerprint density at radius 1 is 1.48 bits per heavy atom. The predicted octanol–water partition coefficient (Wildman–Crippen LogP) is 2.23. The summed E-state index contributed by atoms with van der Waals surface area (Å²) in [6, 6.07) is 2.01. The molecule has 0 aliphatic carbocycles. The van der Waals surface area contributed by atoms with Crippen LogP contribution in [0.4, 0.5) is 5.69 Å². The van der Waals surface area contributed by atoms with E-state index in [0.717, 1.165) is 19.0 Å². The van der Waals surface area contributed by atoms with E-state index in [1.165, 1.54) is 23.9 Å². The zero-order chi connectivity index (χ0) is 17.2. The predicted molar refractivity (Wildman–Crippen MR) is 85.3 cm³/mol. The van der Waals surface area contributed by atoms with Crippen LogP contribution in [0.25, 0.3) is 0 Å². The van der Waals surface area contributed by atoms with Crippen molar-refractivity contribution in [3.63, 3.8) is 0 Å². The van der Waals surface area contributed by atoms with Gasteiger partial charge >= 0.3 is 5.97 Å². The highest BCUT2D eigenvalue weighted by molar-refractivity contribution is 7.99. The molecule has 1 amide bonds. The lowest BCUT2D eigenvalue weighted by molar-refractivity contribution is -0.385. The number of nitrogens with zero attached hydrogens (tertiary/aromatic N) is 2. The normalized spacial score (nSPS) is 11.7. The van der Waals surface area contributed by atoms with Gasteiger partial charge < -0.3 is 10.4 Å². The molecule has 0 bridgehead atoms. The lowest BCUT2D eigenvalue weighted by atomic mass is 10.1. The van der Waals surface area contributed by atoms with Crippen molar-refractivity contribution in [2.75, 3.05) is 5.75 Å². The molecule has 8 nitrogen and oxygen atoms in total. The van der Waals surface area contributed by atoms with Gasteiger partial charge in [-0.05, 0) is 12.5 Å². The Hall–Kier alpha value is -2.16. The Bertz CT molecular complexity index is 550. The Morgan fingerprint density at radius 2 is 2.22 bits per heavy atom. The summed E-state index contributed by atoms with van der Waals surface area (Å²) in [4.78, 5) is 36.7. The van der Waals surface area contributed by atoms with E-state index in [4.69, 9.17) is 5.11 Å². The largest absolute Gasteiger partial charge is 0.480 e. The van der Waals surface area contributed by atoms with Gasteiger partial charge in [-0.2, -0.15) is 0 Å². The molecule has 126 valence electrons. The van der Waals surface area contributed by atoms with Gasteiger partial charge in [0.15, 0.2) is 0 Å². The molecule has 2 N–H and O–H groups in total. The molecule has 0 aliphatic heterocycles. The number of carboxylic acids is 1. The van der Waals surface area contributed by atoms with Crippen LogP contribution in [-0.2, 0) is 9.59 Å². The molecule has 1 rings (SSSR count). The molecule has 23 heavy (non-hydrogen) atoms. The fourth-order valence-electron chi connectivity index (χ4n) is 1.75. The van der Waals surface area contributed by atoms with E-state index in [9.17, 15) is 19.7 Å². The van der Waals surface area contributed by atoms with Crippen LogP contribution in [0.15, 0.2) is 23.4 Å². The van der Waals surface area contributed by atoms with E-state index in [1.54, 1.807) is 0 Å². The van der Waals surface area contributed by atoms with Crippen LogP contribution < -0.4 is 5.32 Å². The summed E-state index contributed by atoms with van der Waals surface area (Å²) in [5.74, 6) is -0.948. The van der Waals surface area contributed by atoms with Gasteiger partial charge in [0.25, 0.3) is 5.69 Å². The number of amides is 1. The molecule has 1 heterocycles. The van der Waals surface area contributed by atoms with Gasteiger partial charge in [-0.1, -0.05) is 19.8 Å². The number of hydrogen-bond acceptors (Lipinski definition) is 6. The van der Waals surface area contributed by atoms with Crippen molar-refractivity contribution < 1.29 is 19.6 Å². The van der Waals surface area contributed by atoms with Crippen molar-refractivity contribution in [2.45, 2.75) is 43.7 Å². The van der Waals surface area contributed by atoms with Gasteiger partial charge in [0.05, 0.1) is 9.95 Å². The first-order valence-electron chi connectivity index (χ1n) is 7.19. The van der Waals surface area contributed by atoms with Gasteiger partial charge in [0.1, 0.15) is 12.2 Å². The van der Waals surface area contributed by atoms with Gasteiger partial charge in [-0.15, -0.1) is 11.8 Å². The summed E-state index contributed by atoms with van der Waals surface area (Å²) in [5.41, 5.74) is -0.0904. The molecule has 0 fully saturated rings. The third kappa shape index (κ3) is 7.09. The molecule has 1 aromatic heterocycles. The second-order valence-corrected chi connectivity index (χ2v) is 5.93. The number of hydrogen-bond donors (Lipinski definition) is 2. The number of unbranched alkanes of at least 4 members (excludes halogenated alkanes) is 1. The minimum Gasteiger partial charge on any atom is -0.480 e. The quantitative estimate of drug-likeness (QED) is 0.380. The van der Waals surface area contributed by atoms with Crippen molar-refractivity contribution in [3.05, 3.63) is 28.4 Å². The SMILES string of the molecule is CCCCC(NC(=O)CCSc1ccc([N+](=O)[O-])cn1)C(=O)O. The topological polar surface area (TPSA) is 122 Å². The monoisotopic (exact) mass is 341 g/mol. The first kappa shape index (κ1) is 18.9. The summed E-state index contributed by atoms with van der Waals surface area (Å²) in [7, 11) is 0. The van der Waals surface area contributed by atoms with Crippen LogP contribution in [0.2, 0.25) is 0 Å². The Morgan fingerprint density at radius 3 is 2.74 bits per heavy atom. The van der Waals surface area contributed by atoms with Gasteiger partial charge in [-0.25, -0.2) is 9.78 Å². The minimum absolute atomic E-state index is 0.0904. The first-order chi connectivity index (χ1) is 10.9. The first-order valence-corrected chi connectivity index (χ1v) is 8.18. The molecule has 0 saturated carbocycles. The number of nitrogens with one attached hydrogen (secondary N) is 1. The molecule has 1 atom stereocenters. The standard InChI is InChI=1S/C14H19N3O5S/c1-2-3-4-11(14(19)20)16-12(18)7-8-23-13-6-5-10(9-15-13)17(21)22/h5-6,9,11H,2-4,7-8H2,1H3,(H,16,18)(H,19,20). The Kier molecular flexibility index (Phi) is 8.03. The zero-order valence-electron chi connectivity index (χ0n) is 12.7. The molecule has 0 saturated heterocycles. The van der Waals surface area contributed by atoms with E-state index in [-0.39, 0.29) is 18.0 Å². The number of aliphatic carboxylic acids is 1. The van der Waals surface area contributed by atoms with Crippen LogP contribution in [0.5, 0.6) is 0 Å². The molecule has 0 radical (unpaired) electrons. The Balaban J connectivity index is 2.37. The molecule has 1 unspecified atom stereocenters. The molecule has 0 aromatic carbocycles. The highest BCUT2D eigenvalue weighted by atomic mass is 32.2. The number of carboxylic acid groups (broad SMARTS) is 1. The molecular weight excluding hydrogens is 322 g/mol.